The largest absolute Gasteiger partial charge is 0.489 e. The molecular weight excluding hydrogens is 581 g/mol. The van der Waals surface area contributed by atoms with Crippen molar-refractivity contribution < 1.29 is 27.4 Å². The summed E-state index contributed by atoms with van der Waals surface area (Å²) in [4.78, 5) is 18.9. The second-order valence-corrected chi connectivity index (χ2v) is 13.0. The Morgan fingerprint density at radius 3 is 2.44 bits per heavy atom. The van der Waals surface area contributed by atoms with E-state index < -0.39 is 17.5 Å². The number of piperidine rings is 1. The Labute approximate surface area is 263 Å². The lowest BCUT2D eigenvalue weighted by atomic mass is 9.88. The molecular formula is C35H43F3N4O3. The van der Waals surface area contributed by atoms with Crippen LogP contribution >= 0.6 is 0 Å². The van der Waals surface area contributed by atoms with Gasteiger partial charge in [0.25, 0.3) is 0 Å². The molecule has 0 unspecified atom stereocenters. The second-order valence-electron chi connectivity index (χ2n) is 13.0. The van der Waals surface area contributed by atoms with Crippen molar-refractivity contribution >= 4 is 11.7 Å². The number of pyridine rings is 1. The lowest BCUT2D eigenvalue weighted by Crippen LogP contribution is -2.41. The van der Waals surface area contributed by atoms with Crippen LogP contribution in [-0.2, 0) is 17.3 Å². The van der Waals surface area contributed by atoms with Crippen LogP contribution in [0.4, 0.5) is 18.0 Å². The van der Waals surface area contributed by atoms with E-state index in [2.05, 4.69) is 22.2 Å². The molecule has 45 heavy (non-hydrogen) atoms. The summed E-state index contributed by atoms with van der Waals surface area (Å²) in [5, 5.41) is 4.05. The molecule has 1 aliphatic carbocycles. The number of aromatic nitrogens is 3. The fourth-order valence-electron chi connectivity index (χ4n) is 6.24. The Hall–Kier alpha value is -3.82. The molecule has 242 valence electrons. The molecule has 0 saturated carbocycles. The second kappa shape index (κ2) is 13.3. The van der Waals surface area contributed by atoms with Crippen LogP contribution in [-0.4, -0.2) is 51.1 Å². The molecule has 0 bridgehead atoms. The molecule has 7 nitrogen and oxygen atoms in total. The maximum Gasteiger partial charge on any atom is 0.433 e. The number of hydrogen-bond acceptors (Lipinski definition) is 5. The molecule has 2 aromatic heterocycles. The van der Waals surface area contributed by atoms with Gasteiger partial charge in [0.2, 0.25) is 0 Å². The summed E-state index contributed by atoms with van der Waals surface area (Å²) in [6.45, 7) is 11.1. The van der Waals surface area contributed by atoms with Crippen LogP contribution in [0, 0.1) is 6.92 Å². The Kier molecular flexibility index (Phi) is 9.60. The molecule has 5 rings (SSSR count). The first kappa shape index (κ1) is 32.6. The highest BCUT2D eigenvalue weighted by Crippen LogP contribution is 2.36. The maximum atomic E-state index is 13.9. The van der Waals surface area contributed by atoms with E-state index in [0.29, 0.717) is 31.3 Å². The van der Waals surface area contributed by atoms with E-state index in [1.54, 1.807) is 24.0 Å². The van der Waals surface area contributed by atoms with Crippen LogP contribution in [0.5, 0.6) is 5.75 Å². The number of benzene rings is 1. The first-order chi connectivity index (χ1) is 21.3. The number of carbonyl (C=O) groups is 1. The predicted molar refractivity (Wildman–Crippen MR) is 168 cm³/mol. The predicted octanol–water partition coefficient (Wildman–Crippen LogP) is 8.68. The smallest absolute Gasteiger partial charge is 0.433 e. The molecule has 0 spiro atoms. The molecule has 1 aliphatic heterocycles. The van der Waals surface area contributed by atoms with Gasteiger partial charge in [-0.15, -0.1) is 0 Å². The van der Waals surface area contributed by atoms with Crippen molar-refractivity contribution in [3.8, 4) is 11.6 Å². The quantitative estimate of drug-likeness (QED) is 0.263. The summed E-state index contributed by atoms with van der Waals surface area (Å²) in [7, 11) is 0. The fourth-order valence-corrected chi connectivity index (χ4v) is 6.24. The Bertz CT molecular complexity index is 1550. The monoisotopic (exact) mass is 624 g/mol. The van der Waals surface area contributed by atoms with Crippen molar-refractivity contribution in [3.05, 3.63) is 76.2 Å². The molecule has 1 fully saturated rings. The van der Waals surface area contributed by atoms with Gasteiger partial charge in [0, 0.05) is 18.7 Å². The van der Waals surface area contributed by atoms with Gasteiger partial charge < -0.3 is 14.4 Å². The maximum absolute atomic E-state index is 13.9. The van der Waals surface area contributed by atoms with Crippen LogP contribution in [0.2, 0.25) is 0 Å². The van der Waals surface area contributed by atoms with Crippen molar-refractivity contribution in [2.75, 3.05) is 19.7 Å². The molecule has 0 radical (unpaired) electrons. The van der Waals surface area contributed by atoms with E-state index in [1.165, 1.54) is 11.8 Å². The van der Waals surface area contributed by atoms with E-state index in [9.17, 15) is 18.0 Å². The van der Waals surface area contributed by atoms with Crippen molar-refractivity contribution in [1.82, 2.24) is 19.7 Å². The van der Waals surface area contributed by atoms with Crippen LogP contribution in [0.15, 0.2) is 48.2 Å². The number of carbonyl (C=O) groups excluding carboxylic acids is 1. The molecule has 2 aliphatic rings. The molecule has 3 aromatic rings. The summed E-state index contributed by atoms with van der Waals surface area (Å²) >= 11 is 0. The van der Waals surface area contributed by atoms with Gasteiger partial charge in [0.15, 0.2) is 11.5 Å². The van der Waals surface area contributed by atoms with E-state index >= 15 is 0 Å². The minimum atomic E-state index is -4.53. The summed E-state index contributed by atoms with van der Waals surface area (Å²) < 4.78 is 54.5. The highest BCUT2D eigenvalue weighted by atomic mass is 19.4. The van der Waals surface area contributed by atoms with Gasteiger partial charge in [-0.05, 0) is 119 Å². The van der Waals surface area contributed by atoms with Gasteiger partial charge in [-0.2, -0.15) is 18.3 Å². The number of rotatable bonds is 7. The summed E-state index contributed by atoms with van der Waals surface area (Å²) in [6.07, 6.45) is 2.13. The number of amides is 1. The zero-order valence-electron chi connectivity index (χ0n) is 26.8. The third kappa shape index (κ3) is 7.71. The standard InChI is InChI=1S/C35H43F3N4O3/c1-6-24-21-39-42(32(24)35(36,37)38)31-13-9-12-29(40-31)28-11-8-7-10-27(28)22-44-30-15-14-26(20-23(30)2)25-16-18-41(19-17-25)33(43)45-34(3,4)5/h9,12-15,20-21,25H,6-8,10-11,16-19,22H2,1-5H3. The van der Waals surface area contributed by atoms with Gasteiger partial charge in [-0.25, -0.2) is 14.5 Å². The lowest BCUT2D eigenvalue weighted by Gasteiger charge is -2.33. The number of hydrogen-bond donors (Lipinski definition) is 0. The van der Waals surface area contributed by atoms with Crippen LogP contribution < -0.4 is 4.74 Å². The number of nitrogens with zero attached hydrogens (tertiary/aromatic N) is 4. The first-order valence-electron chi connectivity index (χ1n) is 15.9. The van der Waals surface area contributed by atoms with Crippen LogP contribution in [0.3, 0.4) is 0 Å². The molecule has 10 heteroatoms. The topological polar surface area (TPSA) is 69.5 Å². The average molecular weight is 625 g/mol. The van der Waals surface area contributed by atoms with Gasteiger partial charge >= 0.3 is 12.3 Å². The van der Waals surface area contributed by atoms with E-state index in [4.69, 9.17) is 9.47 Å². The number of alkyl halides is 3. The number of likely N-dealkylation sites (tertiary alicyclic amines) is 1. The molecule has 1 amide bonds. The summed E-state index contributed by atoms with van der Waals surface area (Å²) in [5.74, 6) is 1.33. The van der Waals surface area contributed by atoms with E-state index in [0.717, 1.165) is 65.7 Å². The van der Waals surface area contributed by atoms with Crippen LogP contribution in [0.25, 0.3) is 11.4 Å². The molecule has 0 N–H and O–H groups in total. The Morgan fingerprint density at radius 1 is 1.04 bits per heavy atom. The normalized spacial score (nSPS) is 16.7. The number of aryl methyl sites for hydroxylation is 2. The lowest BCUT2D eigenvalue weighted by molar-refractivity contribution is -0.143. The van der Waals surface area contributed by atoms with Gasteiger partial charge in [0.05, 0.1) is 11.9 Å². The third-order valence-electron chi connectivity index (χ3n) is 8.56. The van der Waals surface area contributed by atoms with E-state index in [-0.39, 0.29) is 23.9 Å². The number of ether oxygens (including phenoxy) is 2. The highest BCUT2D eigenvalue weighted by Gasteiger charge is 2.38. The zero-order valence-corrected chi connectivity index (χ0v) is 26.8. The molecule has 1 aromatic carbocycles. The Balaban J connectivity index is 1.28. The fraction of sp³-hybridized carbons (Fsp3) is 0.514. The van der Waals surface area contributed by atoms with Gasteiger partial charge in [0.1, 0.15) is 18.0 Å². The van der Waals surface area contributed by atoms with Gasteiger partial charge in [-0.1, -0.05) is 25.1 Å². The minimum Gasteiger partial charge on any atom is -0.489 e. The third-order valence-corrected chi connectivity index (χ3v) is 8.56. The summed E-state index contributed by atoms with van der Waals surface area (Å²) in [5.41, 5.74) is 3.97. The highest BCUT2D eigenvalue weighted by molar-refractivity contribution is 5.68. The van der Waals surface area contributed by atoms with Gasteiger partial charge in [-0.3, -0.25) is 0 Å². The van der Waals surface area contributed by atoms with Crippen molar-refractivity contribution in [2.24, 2.45) is 0 Å². The zero-order chi connectivity index (χ0) is 32.4. The van der Waals surface area contributed by atoms with Crippen LogP contribution in [0.1, 0.15) is 100 Å². The van der Waals surface area contributed by atoms with Crippen molar-refractivity contribution in [3.63, 3.8) is 0 Å². The average Bonchev–Trinajstić information content (AvgIpc) is 3.45. The molecule has 1 saturated heterocycles. The van der Waals surface area contributed by atoms with Crippen molar-refractivity contribution in [2.45, 2.75) is 97.3 Å². The first-order valence-corrected chi connectivity index (χ1v) is 15.9. The molecule has 3 heterocycles. The number of allylic oxidation sites excluding steroid dienone is 1. The summed E-state index contributed by atoms with van der Waals surface area (Å²) in [6, 6.07) is 11.5. The Morgan fingerprint density at radius 2 is 1.78 bits per heavy atom. The van der Waals surface area contributed by atoms with E-state index in [1.807, 2.05) is 39.8 Å². The molecule has 0 atom stereocenters. The van der Waals surface area contributed by atoms with Crippen molar-refractivity contribution in [1.29, 1.82) is 0 Å². The minimum absolute atomic E-state index is 0.147. The number of halogens is 3. The SMILES string of the molecule is CCc1cnn(-c2cccc(C3=C(COc4ccc(C5CCN(C(=O)OC(C)(C)C)CC5)cc4C)CCCC3)n2)c1C(F)(F)F.